The molecule has 0 spiro atoms. The number of benzene rings is 1. The van der Waals surface area contributed by atoms with Gasteiger partial charge in [0.25, 0.3) is 0 Å². The van der Waals surface area contributed by atoms with E-state index in [4.69, 9.17) is 10.5 Å². The van der Waals surface area contributed by atoms with Crippen molar-refractivity contribution < 1.29 is 4.74 Å². The summed E-state index contributed by atoms with van der Waals surface area (Å²) in [7, 11) is 0. The molecule has 2 nitrogen and oxygen atoms in total. The van der Waals surface area contributed by atoms with Crippen molar-refractivity contribution in [2.75, 3.05) is 6.54 Å². The summed E-state index contributed by atoms with van der Waals surface area (Å²) in [6.45, 7) is 4.85. The maximum atomic E-state index is 5.99. The van der Waals surface area contributed by atoms with E-state index in [-0.39, 0.29) is 5.60 Å². The Kier molecular flexibility index (Phi) is 3.20. The Labute approximate surface area is 97.8 Å². The van der Waals surface area contributed by atoms with E-state index in [0.717, 1.165) is 12.2 Å². The lowest BCUT2D eigenvalue weighted by atomic mass is 10.0. The normalized spacial score (nSPS) is 14.9. The van der Waals surface area contributed by atoms with Gasteiger partial charge in [0.05, 0.1) is 0 Å². The van der Waals surface area contributed by atoms with Crippen molar-refractivity contribution >= 4 is 0 Å². The monoisotopic (exact) mass is 219 g/mol. The fourth-order valence-electron chi connectivity index (χ4n) is 2.33. The summed E-state index contributed by atoms with van der Waals surface area (Å²) >= 11 is 0. The van der Waals surface area contributed by atoms with Crippen molar-refractivity contribution in [1.29, 1.82) is 0 Å². The van der Waals surface area contributed by atoms with Crippen molar-refractivity contribution in [3.05, 3.63) is 29.3 Å². The first kappa shape index (κ1) is 11.5. The highest BCUT2D eigenvalue weighted by atomic mass is 16.5. The molecule has 0 fully saturated rings. The van der Waals surface area contributed by atoms with Gasteiger partial charge < -0.3 is 10.5 Å². The maximum Gasteiger partial charge on any atom is 0.120 e. The van der Waals surface area contributed by atoms with E-state index in [1.165, 1.54) is 30.4 Å². The molecule has 0 saturated carbocycles. The first-order valence-electron chi connectivity index (χ1n) is 6.12. The highest BCUT2D eigenvalue weighted by Crippen LogP contribution is 2.28. The molecule has 2 rings (SSSR count). The van der Waals surface area contributed by atoms with Crippen LogP contribution in [0.25, 0.3) is 0 Å². The van der Waals surface area contributed by atoms with Crippen molar-refractivity contribution in [3.63, 3.8) is 0 Å². The van der Waals surface area contributed by atoms with Crippen molar-refractivity contribution in [1.82, 2.24) is 0 Å². The van der Waals surface area contributed by atoms with E-state index in [0.29, 0.717) is 6.54 Å². The van der Waals surface area contributed by atoms with Crippen LogP contribution >= 0.6 is 0 Å². The number of aryl methyl sites for hydroxylation is 2. The van der Waals surface area contributed by atoms with Crippen LogP contribution in [0.5, 0.6) is 5.75 Å². The van der Waals surface area contributed by atoms with Gasteiger partial charge in [-0.05, 0) is 69.3 Å². The van der Waals surface area contributed by atoms with Crippen LogP contribution in [0.2, 0.25) is 0 Å². The Morgan fingerprint density at radius 1 is 1.25 bits per heavy atom. The van der Waals surface area contributed by atoms with Gasteiger partial charge in [-0.1, -0.05) is 6.07 Å². The van der Waals surface area contributed by atoms with E-state index in [1.54, 1.807) is 0 Å². The van der Waals surface area contributed by atoms with Gasteiger partial charge in [-0.3, -0.25) is 0 Å². The summed E-state index contributed by atoms with van der Waals surface area (Å²) in [5.74, 6) is 0.985. The van der Waals surface area contributed by atoms with Gasteiger partial charge in [-0.2, -0.15) is 0 Å². The molecule has 0 atom stereocenters. The number of rotatable bonds is 4. The summed E-state index contributed by atoms with van der Waals surface area (Å²) in [5.41, 5.74) is 8.36. The lowest BCUT2D eigenvalue weighted by Gasteiger charge is -2.26. The van der Waals surface area contributed by atoms with Gasteiger partial charge >= 0.3 is 0 Å². The minimum atomic E-state index is -0.165. The second-order valence-corrected chi connectivity index (χ2v) is 5.18. The first-order valence-corrected chi connectivity index (χ1v) is 6.12. The highest BCUT2D eigenvalue weighted by Gasteiger charge is 2.19. The van der Waals surface area contributed by atoms with E-state index in [2.05, 4.69) is 32.0 Å². The van der Waals surface area contributed by atoms with Crippen molar-refractivity contribution in [2.24, 2.45) is 5.73 Å². The fraction of sp³-hybridized carbons (Fsp3) is 0.571. The lowest BCUT2D eigenvalue weighted by molar-refractivity contribution is 0.102. The summed E-state index contributed by atoms with van der Waals surface area (Å²) in [6.07, 6.45) is 4.58. The van der Waals surface area contributed by atoms with Crippen LogP contribution in [0.15, 0.2) is 18.2 Å². The topological polar surface area (TPSA) is 35.2 Å². The third kappa shape index (κ3) is 2.56. The Hall–Kier alpha value is -1.02. The molecule has 0 unspecified atom stereocenters. The minimum absolute atomic E-state index is 0.165. The van der Waals surface area contributed by atoms with E-state index >= 15 is 0 Å². The van der Waals surface area contributed by atoms with Gasteiger partial charge in [0.2, 0.25) is 0 Å². The zero-order valence-electron chi connectivity index (χ0n) is 10.3. The summed E-state index contributed by atoms with van der Waals surface area (Å²) in [5, 5.41) is 0. The Morgan fingerprint density at radius 3 is 2.75 bits per heavy atom. The predicted molar refractivity (Wildman–Crippen MR) is 66.8 cm³/mol. The second kappa shape index (κ2) is 4.46. The molecule has 0 radical (unpaired) electrons. The SMILES string of the molecule is CC(C)(CCN)Oc1ccc2c(c1)CCC2. The van der Waals surface area contributed by atoms with Crippen LogP contribution in [-0.2, 0) is 12.8 Å². The van der Waals surface area contributed by atoms with Gasteiger partial charge in [0.15, 0.2) is 0 Å². The zero-order chi connectivity index (χ0) is 11.6. The van der Waals surface area contributed by atoms with Gasteiger partial charge in [-0.25, -0.2) is 0 Å². The van der Waals surface area contributed by atoms with Crippen molar-refractivity contribution in [3.8, 4) is 5.75 Å². The standard InChI is InChI=1S/C14H21NO/c1-14(2,8-9-15)16-13-7-6-11-4-3-5-12(11)10-13/h6-7,10H,3-5,8-9,15H2,1-2H3. The molecule has 1 aromatic carbocycles. The summed E-state index contributed by atoms with van der Waals surface area (Å²) < 4.78 is 5.99. The molecule has 88 valence electrons. The van der Waals surface area contributed by atoms with Crippen LogP contribution in [0.1, 0.15) is 37.8 Å². The van der Waals surface area contributed by atoms with Gasteiger partial charge in [0, 0.05) is 0 Å². The molecular weight excluding hydrogens is 198 g/mol. The smallest absolute Gasteiger partial charge is 0.120 e. The molecule has 1 aliphatic rings. The number of nitrogens with two attached hydrogens (primary N) is 1. The Bertz CT molecular complexity index is 371. The van der Waals surface area contributed by atoms with Crippen LogP contribution in [0, 0.1) is 0 Å². The first-order chi connectivity index (χ1) is 7.61. The molecule has 0 amide bonds. The highest BCUT2D eigenvalue weighted by molar-refractivity contribution is 5.38. The molecule has 0 bridgehead atoms. The van der Waals surface area contributed by atoms with E-state index < -0.39 is 0 Å². The molecule has 16 heavy (non-hydrogen) atoms. The predicted octanol–water partition coefficient (Wildman–Crippen LogP) is 2.68. The van der Waals surface area contributed by atoms with Crippen LogP contribution in [0.3, 0.4) is 0 Å². The number of hydrogen-bond acceptors (Lipinski definition) is 2. The number of hydrogen-bond donors (Lipinski definition) is 1. The Balaban J connectivity index is 2.10. The maximum absolute atomic E-state index is 5.99. The fourth-order valence-corrected chi connectivity index (χ4v) is 2.33. The Morgan fingerprint density at radius 2 is 2.00 bits per heavy atom. The quantitative estimate of drug-likeness (QED) is 0.845. The molecule has 2 N–H and O–H groups in total. The van der Waals surface area contributed by atoms with Crippen LogP contribution in [-0.4, -0.2) is 12.1 Å². The molecule has 2 heteroatoms. The van der Waals surface area contributed by atoms with E-state index in [1.807, 2.05) is 0 Å². The molecule has 0 aliphatic heterocycles. The minimum Gasteiger partial charge on any atom is -0.488 e. The second-order valence-electron chi connectivity index (χ2n) is 5.18. The molecule has 0 saturated heterocycles. The molecule has 0 heterocycles. The van der Waals surface area contributed by atoms with Gasteiger partial charge in [-0.15, -0.1) is 0 Å². The number of ether oxygens (including phenoxy) is 1. The third-order valence-electron chi connectivity index (χ3n) is 3.21. The number of fused-ring (bicyclic) bond motifs is 1. The summed E-state index contributed by atoms with van der Waals surface area (Å²) in [6, 6.07) is 6.49. The van der Waals surface area contributed by atoms with E-state index in [9.17, 15) is 0 Å². The molecular formula is C14H21NO. The van der Waals surface area contributed by atoms with Crippen LogP contribution < -0.4 is 10.5 Å². The lowest BCUT2D eigenvalue weighted by Crippen LogP contribution is -2.31. The molecule has 0 aromatic heterocycles. The zero-order valence-corrected chi connectivity index (χ0v) is 10.3. The average Bonchev–Trinajstić information content (AvgIpc) is 2.63. The summed E-state index contributed by atoms with van der Waals surface area (Å²) in [4.78, 5) is 0. The third-order valence-corrected chi connectivity index (χ3v) is 3.21. The molecule has 1 aliphatic carbocycles. The molecule has 1 aromatic rings. The largest absolute Gasteiger partial charge is 0.488 e. The van der Waals surface area contributed by atoms with Crippen molar-refractivity contribution in [2.45, 2.75) is 45.1 Å². The average molecular weight is 219 g/mol. The van der Waals surface area contributed by atoms with Crippen LogP contribution in [0.4, 0.5) is 0 Å². The van der Waals surface area contributed by atoms with Gasteiger partial charge in [0.1, 0.15) is 11.4 Å².